The van der Waals surface area contributed by atoms with Gasteiger partial charge in [0.15, 0.2) is 0 Å². The Morgan fingerprint density at radius 1 is 1.19 bits per heavy atom. The summed E-state index contributed by atoms with van der Waals surface area (Å²) in [5.41, 5.74) is 7.05. The number of carbonyl (C=O) groups excluding carboxylic acids is 1. The van der Waals surface area contributed by atoms with Crippen molar-refractivity contribution in [1.82, 2.24) is 4.90 Å². The maximum atomic E-state index is 13.9. The van der Waals surface area contributed by atoms with Crippen molar-refractivity contribution in [2.24, 2.45) is 0 Å². The number of hydrogen-bond acceptors (Lipinski definition) is 2. The summed E-state index contributed by atoms with van der Waals surface area (Å²) in [6, 6.07) is 13.7. The summed E-state index contributed by atoms with van der Waals surface area (Å²) in [7, 11) is 0. The molecule has 0 spiro atoms. The Hall–Kier alpha value is -2.36. The van der Waals surface area contributed by atoms with Gasteiger partial charge in [-0.3, -0.25) is 4.79 Å². The summed E-state index contributed by atoms with van der Waals surface area (Å²) in [6.45, 7) is 4.25. The van der Waals surface area contributed by atoms with Gasteiger partial charge in [-0.2, -0.15) is 0 Å². The molecule has 0 fully saturated rings. The van der Waals surface area contributed by atoms with E-state index in [1.807, 2.05) is 44.2 Å². The van der Waals surface area contributed by atoms with E-state index in [1.165, 1.54) is 18.2 Å². The zero-order chi connectivity index (χ0) is 15.4. The van der Waals surface area contributed by atoms with Gasteiger partial charge >= 0.3 is 0 Å². The summed E-state index contributed by atoms with van der Waals surface area (Å²) >= 11 is 0. The van der Waals surface area contributed by atoms with E-state index in [1.54, 1.807) is 4.90 Å². The Morgan fingerprint density at radius 3 is 2.48 bits per heavy atom. The summed E-state index contributed by atoms with van der Waals surface area (Å²) in [5, 5.41) is 0. The van der Waals surface area contributed by atoms with Gasteiger partial charge in [-0.15, -0.1) is 0 Å². The molecule has 21 heavy (non-hydrogen) atoms. The standard InChI is InChI=1S/C17H19FN2O/c1-12(2)20(11-13-6-4-3-5-7-13)17(21)15-10-14(19)8-9-16(15)18/h3-10,12H,11,19H2,1-2H3. The first-order valence-electron chi connectivity index (χ1n) is 6.89. The second-order valence-corrected chi connectivity index (χ2v) is 5.25. The zero-order valence-electron chi connectivity index (χ0n) is 12.2. The van der Waals surface area contributed by atoms with Crippen LogP contribution in [0.4, 0.5) is 10.1 Å². The second-order valence-electron chi connectivity index (χ2n) is 5.25. The van der Waals surface area contributed by atoms with Gasteiger partial charge in [-0.1, -0.05) is 30.3 Å². The topological polar surface area (TPSA) is 46.3 Å². The van der Waals surface area contributed by atoms with Gasteiger partial charge in [0, 0.05) is 18.3 Å². The van der Waals surface area contributed by atoms with E-state index in [2.05, 4.69) is 0 Å². The first kappa shape index (κ1) is 15.0. The number of nitrogens with zero attached hydrogens (tertiary/aromatic N) is 1. The monoisotopic (exact) mass is 286 g/mol. The van der Waals surface area contributed by atoms with Crippen LogP contribution in [0.1, 0.15) is 29.8 Å². The molecule has 0 saturated heterocycles. The average Bonchev–Trinajstić information content (AvgIpc) is 2.47. The van der Waals surface area contributed by atoms with Crippen molar-refractivity contribution in [3.63, 3.8) is 0 Å². The SMILES string of the molecule is CC(C)N(Cc1ccccc1)C(=O)c1cc(N)ccc1F. The number of hydrogen-bond donors (Lipinski definition) is 1. The molecule has 2 aromatic rings. The van der Waals surface area contributed by atoms with E-state index in [4.69, 9.17) is 5.73 Å². The van der Waals surface area contributed by atoms with Gasteiger partial charge in [-0.25, -0.2) is 4.39 Å². The number of anilines is 1. The summed E-state index contributed by atoms with van der Waals surface area (Å²) in [4.78, 5) is 14.2. The van der Waals surface area contributed by atoms with Crippen molar-refractivity contribution in [2.45, 2.75) is 26.4 Å². The van der Waals surface area contributed by atoms with Crippen molar-refractivity contribution in [3.8, 4) is 0 Å². The molecule has 0 unspecified atom stereocenters. The van der Waals surface area contributed by atoms with Gasteiger partial charge in [0.1, 0.15) is 5.82 Å². The van der Waals surface area contributed by atoms with Crippen LogP contribution in [0.3, 0.4) is 0 Å². The third-order valence-corrected chi connectivity index (χ3v) is 3.30. The minimum atomic E-state index is -0.548. The summed E-state index contributed by atoms with van der Waals surface area (Å²) < 4.78 is 13.9. The second kappa shape index (κ2) is 6.39. The lowest BCUT2D eigenvalue weighted by atomic mass is 10.1. The lowest BCUT2D eigenvalue weighted by Crippen LogP contribution is -2.36. The molecule has 0 bridgehead atoms. The van der Waals surface area contributed by atoms with Crippen molar-refractivity contribution >= 4 is 11.6 Å². The zero-order valence-corrected chi connectivity index (χ0v) is 12.2. The molecule has 0 heterocycles. The first-order valence-corrected chi connectivity index (χ1v) is 6.89. The molecule has 2 N–H and O–H groups in total. The van der Waals surface area contributed by atoms with Crippen LogP contribution in [0.2, 0.25) is 0 Å². The highest BCUT2D eigenvalue weighted by Gasteiger charge is 2.22. The van der Waals surface area contributed by atoms with E-state index in [9.17, 15) is 9.18 Å². The quantitative estimate of drug-likeness (QED) is 0.875. The van der Waals surface area contributed by atoms with Crippen molar-refractivity contribution < 1.29 is 9.18 Å². The number of benzene rings is 2. The maximum Gasteiger partial charge on any atom is 0.257 e. The molecule has 2 aromatic carbocycles. The molecule has 0 aromatic heterocycles. The number of rotatable bonds is 4. The highest BCUT2D eigenvalue weighted by Crippen LogP contribution is 2.18. The van der Waals surface area contributed by atoms with Crippen LogP contribution in [-0.2, 0) is 6.54 Å². The number of nitrogen functional groups attached to an aromatic ring is 1. The van der Waals surface area contributed by atoms with Crippen molar-refractivity contribution in [2.75, 3.05) is 5.73 Å². The van der Waals surface area contributed by atoms with Crippen LogP contribution < -0.4 is 5.73 Å². The fraction of sp³-hybridized carbons (Fsp3) is 0.235. The summed E-state index contributed by atoms with van der Waals surface area (Å²) in [6.07, 6.45) is 0. The lowest BCUT2D eigenvalue weighted by Gasteiger charge is -2.27. The third kappa shape index (κ3) is 3.60. The fourth-order valence-corrected chi connectivity index (χ4v) is 2.13. The molecule has 0 aliphatic heterocycles. The van der Waals surface area contributed by atoms with Gasteiger partial charge in [0.05, 0.1) is 5.56 Å². The minimum absolute atomic E-state index is 0.0135. The normalized spacial score (nSPS) is 10.7. The first-order chi connectivity index (χ1) is 9.99. The predicted octanol–water partition coefficient (Wildman–Crippen LogP) is 3.46. The highest BCUT2D eigenvalue weighted by atomic mass is 19.1. The Labute approximate surface area is 124 Å². The fourth-order valence-electron chi connectivity index (χ4n) is 2.13. The van der Waals surface area contributed by atoms with Crippen LogP contribution in [0.15, 0.2) is 48.5 Å². The largest absolute Gasteiger partial charge is 0.399 e. The molecule has 4 heteroatoms. The van der Waals surface area contributed by atoms with Crippen LogP contribution >= 0.6 is 0 Å². The van der Waals surface area contributed by atoms with Crippen molar-refractivity contribution in [3.05, 3.63) is 65.5 Å². The molecule has 0 saturated carbocycles. The van der Waals surface area contributed by atoms with Crippen molar-refractivity contribution in [1.29, 1.82) is 0 Å². The molecule has 0 atom stereocenters. The number of nitrogens with two attached hydrogens (primary N) is 1. The smallest absolute Gasteiger partial charge is 0.257 e. The van der Waals surface area contributed by atoms with E-state index in [-0.39, 0.29) is 17.5 Å². The van der Waals surface area contributed by atoms with Gasteiger partial charge in [0.25, 0.3) is 5.91 Å². The minimum Gasteiger partial charge on any atom is -0.399 e. The third-order valence-electron chi connectivity index (χ3n) is 3.30. The average molecular weight is 286 g/mol. The molecule has 0 aliphatic rings. The van der Waals surface area contributed by atoms with Crippen LogP contribution in [0.25, 0.3) is 0 Å². The highest BCUT2D eigenvalue weighted by molar-refractivity contribution is 5.95. The van der Waals surface area contributed by atoms with Crippen LogP contribution in [-0.4, -0.2) is 16.8 Å². The molecule has 3 nitrogen and oxygen atoms in total. The number of amides is 1. The van der Waals surface area contributed by atoms with Crippen LogP contribution in [0.5, 0.6) is 0 Å². The molecule has 110 valence electrons. The Bertz CT molecular complexity index is 626. The van der Waals surface area contributed by atoms with Gasteiger partial charge < -0.3 is 10.6 Å². The molecule has 2 rings (SSSR count). The van der Waals surface area contributed by atoms with E-state index in [0.717, 1.165) is 5.56 Å². The predicted molar refractivity (Wildman–Crippen MR) is 82.3 cm³/mol. The van der Waals surface area contributed by atoms with E-state index < -0.39 is 5.82 Å². The van der Waals surface area contributed by atoms with E-state index in [0.29, 0.717) is 12.2 Å². The number of carbonyl (C=O) groups is 1. The molecular formula is C17H19FN2O. The van der Waals surface area contributed by atoms with E-state index >= 15 is 0 Å². The molecular weight excluding hydrogens is 267 g/mol. The molecule has 1 amide bonds. The summed E-state index contributed by atoms with van der Waals surface area (Å²) in [5.74, 6) is -0.897. The van der Waals surface area contributed by atoms with Gasteiger partial charge in [-0.05, 0) is 37.6 Å². The van der Waals surface area contributed by atoms with Gasteiger partial charge in [0.2, 0.25) is 0 Å². The molecule has 0 aliphatic carbocycles. The molecule has 0 radical (unpaired) electrons. The number of halogens is 1. The lowest BCUT2D eigenvalue weighted by molar-refractivity contribution is 0.0685. The Kier molecular flexibility index (Phi) is 4.58. The Balaban J connectivity index is 2.30. The van der Waals surface area contributed by atoms with Crippen LogP contribution in [0, 0.1) is 5.82 Å². The Morgan fingerprint density at radius 2 is 1.86 bits per heavy atom. The maximum absolute atomic E-state index is 13.9.